The number of primary amides is 1. The van der Waals surface area contributed by atoms with Gasteiger partial charge >= 0.3 is 0 Å². The molecule has 2 N–H and O–H groups in total. The van der Waals surface area contributed by atoms with Crippen molar-refractivity contribution in [1.29, 1.82) is 0 Å². The number of ether oxygens (including phenoxy) is 1. The van der Waals surface area contributed by atoms with Crippen LogP contribution in [0.5, 0.6) is 0 Å². The molecule has 1 amide bonds. The van der Waals surface area contributed by atoms with E-state index in [1.807, 2.05) is 6.08 Å². The summed E-state index contributed by atoms with van der Waals surface area (Å²) in [7, 11) is 0. The maximum atomic E-state index is 10.5. The van der Waals surface area contributed by atoms with E-state index in [9.17, 15) is 4.79 Å². The van der Waals surface area contributed by atoms with Gasteiger partial charge in [0.25, 0.3) is 0 Å². The van der Waals surface area contributed by atoms with E-state index in [-0.39, 0.29) is 17.9 Å². The fraction of sp³-hybridized carbons (Fsp3) is 0.500. The highest BCUT2D eigenvalue weighted by Crippen LogP contribution is 2.46. The van der Waals surface area contributed by atoms with Gasteiger partial charge < -0.3 is 10.5 Å². The molecule has 1 heterocycles. The zero-order valence-corrected chi connectivity index (χ0v) is 4.78. The van der Waals surface area contributed by atoms with Gasteiger partial charge in [-0.05, 0) is 6.08 Å². The van der Waals surface area contributed by atoms with Gasteiger partial charge in [-0.2, -0.15) is 0 Å². The second-order valence-electron chi connectivity index (χ2n) is 2.43. The van der Waals surface area contributed by atoms with Crippen molar-refractivity contribution >= 4 is 5.91 Å². The van der Waals surface area contributed by atoms with Gasteiger partial charge in [0.2, 0.25) is 5.91 Å². The van der Waals surface area contributed by atoms with Crippen LogP contribution in [-0.2, 0) is 9.53 Å². The first-order valence-electron chi connectivity index (χ1n) is 2.92. The first kappa shape index (κ1) is 4.85. The Morgan fingerprint density at radius 1 is 1.67 bits per heavy atom. The predicted octanol–water partition coefficient (Wildman–Crippen LogP) is -0.370. The summed E-state index contributed by atoms with van der Waals surface area (Å²) in [6.07, 6.45) is 3.61. The zero-order valence-electron chi connectivity index (χ0n) is 4.78. The molecule has 3 heteroatoms. The molecule has 3 nitrogen and oxygen atoms in total. The van der Waals surface area contributed by atoms with E-state index in [1.165, 1.54) is 0 Å². The monoisotopic (exact) mass is 125 g/mol. The van der Waals surface area contributed by atoms with Gasteiger partial charge in [-0.15, -0.1) is 0 Å². The highest BCUT2D eigenvalue weighted by atomic mass is 16.5. The van der Waals surface area contributed by atoms with E-state index in [4.69, 9.17) is 10.5 Å². The Labute approximate surface area is 52.5 Å². The summed E-state index contributed by atoms with van der Waals surface area (Å²) in [5, 5.41) is 0. The van der Waals surface area contributed by atoms with E-state index in [0.29, 0.717) is 5.92 Å². The molecule has 9 heavy (non-hydrogen) atoms. The van der Waals surface area contributed by atoms with Crippen molar-refractivity contribution in [3.63, 3.8) is 0 Å². The van der Waals surface area contributed by atoms with Gasteiger partial charge in [0.15, 0.2) is 0 Å². The Morgan fingerprint density at radius 3 is 2.78 bits per heavy atom. The average Bonchev–Trinajstić information content (AvgIpc) is 2.30. The molecular weight excluding hydrogens is 118 g/mol. The lowest BCUT2D eigenvalue weighted by Crippen LogP contribution is -2.16. The van der Waals surface area contributed by atoms with Crippen LogP contribution in [0.15, 0.2) is 12.3 Å². The van der Waals surface area contributed by atoms with Crippen LogP contribution in [0.3, 0.4) is 0 Å². The number of carbonyl (C=O) groups excluding carboxylic acids is 1. The molecule has 2 aliphatic rings. The zero-order chi connectivity index (χ0) is 6.43. The lowest BCUT2D eigenvalue weighted by atomic mass is 10.3. The van der Waals surface area contributed by atoms with Gasteiger partial charge in [-0.1, -0.05) is 0 Å². The molecule has 1 aliphatic heterocycles. The molecule has 48 valence electrons. The van der Waals surface area contributed by atoms with E-state index >= 15 is 0 Å². The molecule has 0 saturated heterocycles. The summed E-state index contributed by atoms with van der Waals surface area (Å²) in [5.41, 5.74) is 5.04. The molecule has 0 aromatic carbocycles. The van der Waals surface area contributed by atoms with Crippen LogP contribution in [0.4, 0.5) is 0 Å². The van der Waals surface area contributed by atoms with Gasteiger partial charge in [0.1, 0.15) is 6.10 Å². The molecule has 1 saturated carbocycles. The molecule has 0 radical (unpaired) electrons. The number of fused-ring (bicyclic) bond motifs is 1. The summed E-state index contributed by atoms with van der Waals surface area (Å²) in [5.74, 6) is 0.0202. The van der Waals surface area contributed by atoms with Crippen molar-refractivity contribution in [2.75, 3.05) is 0 Å². The van der Waals surface area contributed by atoms with Crippen LogP contribution >= 0.6 is 0 Å². The summed E-state index contributed by atoms with van der Waals surface area (Å²) >= 11 is 0. The number of hydrogen-bond acceptors (Lipinski definition) is 2. The van der Waals surface area contributed by atoms with E-state index in [2.05, 4.69) is 0 Å². The van der Waals surface area contributed by atoms with E-state index in [1.54, 1.807) is 6.26 Å². The Hall–Kier alpha value is -0.990. The van der Waals surface area contributed by atoms with Crippen molar-refractivity contribution in [1.82, 2.24) is 0 Å². The van der Waals surface area contributed by atoms with Crippen LogP contribution in [0.2, 0.25) is 0 Å². The van der Waals surface area contributed by atoms with E-state index in [0.717, 1.165) is 0 Å². The number of nitrogens with two attached hydrogens (primary N) is 1. The molecule has 1 fully saturated rings. The van der Waals surface area contributed by atoms with E-state index < -0.39 is 0 Å². The third kappa shape index (κ3) is 0.487. The molecular formula is C6H7NO2. The molecule has 2 rings (SSSR count). The summed E-state index contributed by atoms with van der Waals surface area (Å²) in [6, 6.07) is 0. The topological polar surface area (TPSA) is 52.3 Å². The quantitative estimate of drug-likeness (QED) is 0.519. The maximum Gasteiger partial charge on any atom is 0.225 e. The number of amides is 1. The first-order valence-corrected chi connectivity index (χ1v) is 2.92. The van der Waals surface area contributed by atoms with Crippen LogP contribution in [0.1, 0.15) is 0 Å². The Bertz CT molecular complexity index is 187. The third-order valence-corrected chi connectivity index (χ3v) is 1.87. The fourth-order valence-corrected chi connectivity index (χ4v) is 1.29. The number of carbonyl (C=O) groups is 1. The minimum absolute atomic E-state index is 0.0324. The Kier molecular flexibility index (Phi) is 0.695. The minimum Gasteiger partial charge on any atom is -0.497 e. The smallest absolute Gasteiger partial charge is 0.225 e. The van der Waals surface area contributed by atoms with Crippen molar-refractivity contribution in [2.24, 2.45) is 17.6 Å². The largest absolute Gasteiger partial charge is 0.497 e. The Balaban J connectivity index is 2.10. The SMILES string of the molecule is NC(=O)C1C2C=COC21. The van der Waals surface area contributed by atoms with Crippen LogP contribution in [0, 0.1) is 11.8 Å². The molecule has 1 aliphatic carbocycles. The summed E-state index contributed by atoms with van der Waals surface area (Å²) in [4.78, 5) is 10.5. The van der Waals surface area contributed by atoms with Crippen molar-refractivity contribution < 1.29 is 9.53 Å². The lowest BCUT2D eigenvalue weighted by Gasteiger charge is -1.92. The van der Waals surface area contributed by atoms with Crippen molar-refractivity contribution in [3.05, 3.63) is 12.3 Å². The second-order valence-corrected chi connectivity index (χ2v) is 2.43. The predicted molar refractivity (Wildman–Crippen MR) is 30.2 cm³/mol. The van der Waals surface area contributed by atoms with Crippen LogP contribution < -0.4 is 5.73 Å². The minimum atomic E-state index is -0.241. The number of hydrogen-bond donors (Lipinski definition) is 1. The van der Waals surface area contributed by atoms with Gasteiger partial charge in [-0.25, -0.2) is 0 Å². The normalized spacial score (nSPS) is 43.8. The molecule has 0 aromatic heterocycles. The second kappa shape index (κ2) is 1.29. The van der Waals surface area contributed by atoms with Crippen LogP contribution in [0.25, 0.3) is 0 Å². The van der Waals surface area contributed by atoms with Gasteiger partial charge in [0, 0.05) is 5.92 Å². The number of rotatable bonds is 1. The summed E-state index contributed by atoms with van der Waals surface area (Å²) in [6.45, 7) is 0. The Morgan fingerprint density at radius 2 is 2.44 bits per heavy atom. The molecule has 0 aromatic rings. The molecule has 0 bridgehead atoms. The lowest BCUT2D eigenvalue weighted by molar-refractivity contribution is -0.120. The van der Waals surface area contributed by atoms with Crippen molar-refractivity contribution in [3.8, 4) is 0 Å². The summed E-state index contributed by atoms with van der Waals surface area (Å²) < 4.78 is 5.02. The fourth-order valence-electron chi connectivity index (χ4n) is 1.29. The van der Waals surface area contributed by atoms with Gasteiger partial charge in [-0.3, -0.25) is 4.79 Å². The average molecular weight is 125 g/mol. The van der Waals surface area contributed by atoms with Gasteiger partial charge in [0.05, 0.1) is 12.2 Å². The van der Waals surface area contributed by atoms with Crippen molar-refractivity contribution in [2.45, 2.75) is 6.10 Å². The molecule has 0 spiro atoms. The third-order valence-electron chi connectivity index (χ3n) is 1.87. The highest BCUT2D eigenvalue weighted by molar-refractivity contribution is 5.81. The maximum absolute atomic E-state index is 10.5. The first-order chi connectivity index (χ1) is 4.30. The van der Waals surface area contributed by atoms with Crippen LogP contribution in [-0.4, -0.2) is 12.0 Å². The molecule has 3 atom stereocenters. The highest BCUT2D eigenvalue weighted by Gasteiger charge is 2.56. The standard InChI is InChI=1S/C6H7NO2/c7-6(8)4-3-1-2-9-5(3)4/h1-5H,(H2,7,8). The molecule has 3 unspecified atom stereocenters.